The van der Waals surface area contributed by atoms with Crippen molar-refractivity contribution < 1.29 is 24.0 Å². The molecule has 0 spiro atoms. The van der Waals surface area contributed by atoms with Crippen LogP contribution in [0.3, 0.4) is 0 Å². The molecule has 0 aliphatic carbocycles. The first-order valence-electron chi connectivity index (χ1n) is 11.0. The van der Waals surface area contributed by atoms with Gasteiger partial charge in [-0.25, -0.2) is 4.79 Å². The van der Waals surface area contributed by atoms with E-state index in [1.807, 2.05) is 11.8 Å². The summed E-state index contributed by atoms with van der Waals surface area (Å²) in [7, 11) is 0. The van der Waals surface area contributed by atoms with Crippen molar-refractivity contribution in [3.05, 3.63) is 0 Å². The van der Waals surface area contributed by atoms with Crippen LogP contribution in [0.25, 0.3) is 0 Å². The summed E-state index contributed by atoms with van der Waals surface area (Å²) in [5.41, 5.74) is 4.87. The molecule has 3 unspecified atom stereocenters. The number of likely N-dealkylation sites (tertiary alicyclic amines) is 1. The smallest absolute Gasteiger partial charge is 0.315 e. The molecule has 0 aromatic heterocycles. The number of amides is 6. The third-order valence-electron chi connectivity index (χ3n) is 5.86. The zero-order valence-corrected chi connectivity index (χ0v) is 18.4. The number of hydrogen-bond donors (Lipinski definition) is 4. The van der Waals surface area contributed by atoms with Gasteiger partial charge in [0.05, 0.1) is 12.1 Å². The molecule has 3 aliphatic rings. The Morgan fingerprint density at radius 3 is 2.23 bits per heavy atom. The fourth-order valence-electron chi connectivity index (χ4n) is 4.14. The topological polar surface area (TPSA) is 137 Å². The molecule has 0 bridgehead atoms. The summed E-state index contributed by atoms with van der Waals surface area (Å²) in [5, 5.41) is 6.26. The van der Waals surface area contributed by atoms with Crippen LogP contribution in [-0.2, 0) is 19.2 Å². The Bertz CT molecular complexity index is 702. The van der Waals surface area contributed by atoms with Crippen LogP contribution in [0.15, 0.2) is 0 Å². The molecular formula is C20H31N5O5S. The van der Waals surface area contributed by atoms with Crippen molar-refractivity contribution >= 4 is 41.4 Å². The third kappa shape index (κ3) is 6.84. The molecule has 0 aromatic rings. The molecule has 3 atom stereocenters. The SMILES string of the molecule is O=C(CCCCCN1C(=O)CCC1=O)NNC(=O)CCCCC1SCC2NC(=O)NC21. The van der Waals surface area contributed by atoms with Crippen LogP contribution < -0.4 is 21.5 Å². The van der Waals surface area contributed by atoms with Gasteiger partial charge in [0.15, 0.2) is 0 Å². The number of hydrogen-bond acceptors (Lipinski definition) is 6. The van der Waals surface area contributed by atoms with Crippen LogP contribution >= 0.6 is 11.8 Å². The Hall–Kier alpha value is -2.30. The molecule has 3 rings (SSSR count). The molecule has 4 N–H and O–H groups in total. The van der Waals surface area contributed by atoms with Crippen LogP contribution in [0.5, 0.6) is 0 Å². The van der Waals surface area contributed by atoms with Gasteiger partial charge in [0, 0.05) is 43.2 Å². The fourth-order valence-corrected chi connectivity index (χ4v) is 5.69. The highest BCUT2D eigenvalue weighted by Gasteiger charge is 2.42. The van der Waals surface area contributed by atoms with E-state index in [9.17, 15) is 24.0 Å². The monoisotopic (exact) mass is 453 g/mol. The predicted molar refractivity (Wildman–Crippen MR) is 115 cm³/mol. The van der Waals surface area contributed by atoms with Crippen molar-refractivity contribution in [3.8, 4) is 0 Å². The van der Waals surface area contributed by atoms with Gasteiger partial charge in [0.1, 0.15) is 0 Å². The number of imide groups is 1. The van der Waals surface area contributed by atoms with E-state index < -0.39 is 0 Å². The first kappa shape index (κ1) is 23.4. The minimum absolute atomic E-state index is 0.0905. The van der Waals surface area contributed by atoms with E-state index in [0.29, 0.717) is 43.9 Å². The van der Waals surface area contributed by atoms with E-state index in [-0.39, 0.29) is 48.2 Å². The van der Waals surface area contributed by atoms with Crippen molar-refractivity contribution in [2.24, 2.45) is 0 Å². The summed E-state index contributed by atoms with van der Waals surface area (Å²) in [6.07, 6.45) is 5.83. The summed E-state index contributed by atoms with van der Waals surface area (Å²) in [6.45, 7) is 0.416. The second-order valence-electron chi connectivity index (χ2n) is 8.21. The average molecular weight is 454 g/mol. The maximum atomic E-state index is 11.9. The molecule has 172 valence electrons. The Balaban J connectivity index is 1.16. The molecule has 3 heterocycles. The number of unbranched alkanes of at least 4 members (excludes halogenated alkanes) is 3. The second kappa shape index (κ2) is 11.4. The Labute approximate surface area is 186 Å². The van der Waals surface area contributed by atoms with Gasteiger partial charge < -0.3 is 10.6 Å². The molecule has 3 saturated heterocycles. The molecule has 3 aliphatic heterocycles. The third-order valence-corrected chi connectivity index (χ3v) is 7.37. The second-order valence-corrected chi connectivity index (χ2v) is 9.49. The Morgan fingerprint density at radius 1 is 0.903 bits per heavy atom. The van der Waals surface area contributed by atoms with Crippen LogP contribution in [0, 0.1) is 0 Å². The van der Waals surface area contributed by atoms with Gasteiger partial charge >= 0.3 is 6.03 Å². The number of carbonyl (C=O) groups is 5. The average Bonchev–Trinajstić information content (AvgIpc) is 3.39. The first-order chi connectivity index (χ1) is 14.9. The summed E-state index contributed by atoms with van der Waals surface area (Å²) < 4.78 is 0. The van der Waals surface area contributed by atoms with Gasteiger partial charge in [-0.2, -0.15) is 11.8 Å². The number of fused-ring (bicyclic) bond motifs is 1. The lowest BCUT2D eigenvalue weighted by molar-refractivity contribution is -0.138. The van der Waals surface area contributed by atoms with Crippen LogP contribution in [0.4, 0.5) is 4.79 Å². The number of nitrogens with one attached hydrogen (secondary N) is 4. The maximum Gasteiger partial charge on any atom is 0.315 e. The van der Waals surface area contributed by atoms with Crippen molar-refractivity contribution in [1.82, 2.24) is 26.4 Å². The lowest BCUT2D eigenvalue weighted by Gasteiger charge is -2.16. The predicted octanol–water partition coefficient (Wildman–Crippen LogP) is 0.569. The van der Waals surface area contributed by atoms with Crippen LogP contribution in [0.2, 0.25) is 0 Å². The van der Waals surface area contributed by atoms with Gasteiger partial charge in [0.2, 0.25) is 23.6 Å². The minimum atomic E-state index is -0.250. The highest BCUT2D eigenvalue weighted by atomic mass is 32.2. The molecule has 0 aromatic carbocycles. The first-order valence-corrected chi connectivity index (χ1v) is 12.1. The lowest BCUT2D eigenvalue weighted by Crippen LogP contribution is -2.41. The van der Waals surface area contributed by atoms with E-state index in [2.05, 4.69) is 21.5 Å². The number of thioether (sulfide) groups is 1. The van der Waals surface area contributed by atoms with Gasteiger partial charge in [-0.05, 0) is 25.7 Å². The van der Waals surface area contributed by atoms with Gasteiger partial charge in [-0.15, -0.1) is 0 Å². The van der Waals surface area contributed by atoms with Crippen LogP contribution in [0.1, 0.15) is 64.2 Å². The highest BCUT2D eigenvalue weighted by Crippen LogP contribution is 2.33. The van der Waals surface area contributed by atoms with E-state index in [1.165, 1.54) is 4.90 Å². The minimum Gasteiger partial charge on any atom is -0.332 e. The molecule has 31 heavy (non-hydrogen) atoms. The normalized spacial score (nSPS) is 24.7. The molecule has 3 fully saturated rings. The highest BCUT2D eigenvalue weighted by molar-refractivity contribution is 8.00. The zero-order valence-electron chi connectivity index (χ0n) is 17.6. The van der Waals surface area contributed by atoms with E-state index in [1.54, 1.807) is 0 Å². The quantitative estimate of drug-likeness (QED) is 0.156. The van der Waals surface area contributed by atoms with Crippen molar-refractivity contribution in [3.63, 3.8) is 0 Å². The summed E-state index contributed by atoms with van der Waals surface area (Å²) >= 11 is 1.86. The zero-order chi connectivity index (χ0) is 22.2. The molecule has 0 saturated carbocycles. The van der Waals surface area contributed by atoms with Gasteiger partial charge in [-0.1, -0.05) is 12.8 Å². The number of urea groups is 1. The molecular weight excluding hydrogens is 422 g/mol. The fraction of sp³-hybridized carbons (Fsp3) is 0.750. The van der Waals surface area contributed by atoms with E-state index in [4.69, 9.17) is 0 Å². The number of carbonyl (C=O) groups excluding carboxylic acids is 5. The molecule has 10 nitrogen and oxygen atoms in total. The number of rotatable bonds is 11. The van der Waals surface area contributed by atoms with Crippen LogP contribution in [-0.4, -0.2) is 64.2 Å². The van der Waals surface area contributed by atoms with Crippen molar-refractivity contribution in [1.29, 1.82) is 0 Å². The maximum absolute atomic E-state index is 11.9. The molecule has 0 radical (unpaired) electrons. The van der Waals surface area contributed by atoms with E-state index in [0.717, 1.165) is 31.4 Å². The van der Waals surface area contributed by atoms with E-state index >= 15 is 0 Å². The molecule has 11 heteroatoms. The lowest BCUT2D eigenvalue weighted by atomic mass is 10.0. The Kier molecular flexibility index (Phi) is 8.56. The van der Waals surface area contributed by atoms with Gasteiger partial charge in [0.25, 0.3) is 0 Å². The summed E-state index contributed by atoms with van der Waals surface area (Å²) in [5.74, 6) is 0.236. The standard InChI is InChI=1S/C20H31N5O5S/c26-15(7-2-1-5-11-25-17(28)9-10-18(25)29)23-24-16(27)8-4-3-6-14-19-13(12-31-14)21-20(30)22-19/h13-14,19H,1-12H2,(H,23,26)(H,24,27)(H2,21,22,30). The Morgan fingerprint density at radius 2 is 1.55 bits per heavy atom. The summed E-state index contributed by atoms with van der Waals surface area (Å²) in [6, 6.07) is 0.306. The largest absolute Gasteiger partial charge is 0.332 e. The molecule has 6 amide bonds. The number of hydrazine groups is 1. The van der Waals surface area contributed by atoms with Crippen molar-refractivity contribution in [2.75, 3.05) is 12.3 Å². The summed E-state index contributed by atoms with van der Waals surface area (Å²) in [4.78, 5) is 59.4. The van der Waals surface area contributed by atoms with Crippen molar-refractivity contribution in [2.45, 2.75) is 81.5 Å². The van der Waals surface area contributed by atoms with Gasteiger partial charge in [-0.3, -0.25) is 34.9 Å². The number of nitrogens with zero attached hydrogens (tertiary/aromatic N) is 1.